The van der Waals surface area contributed by atoms with Gasteiger partial charge in [-0.2, -0.15) is 0 Å². The number of hydrogen-bond acceptors (Lipinski definition) is 8. The summed E-state index contributed by atoms with van der Waals surface area (Å²) in [5.41, 5.74) is 6.85. The zero-order valence-electron chi connectivity index (χ0n) is 20.7. The number of carbonyl (C=O) groups excluding carboxylic acids is 3. The summed E-state index contributed by atoms with van der Waals surface area (Å²) in [6, 6.07) is 3.19. The Labute approximate surface area is 218 Å². The molecule has 0 spiro atoms. The predicted octanol–water partition coefficient (Wildman–Crippen LogP) is -1.69. The molecule has 3 amide bonds. The number of hydrogen-bond donors (Lipinski definition) is 8. The number of carboxylic acid groups (broad SMARTS) is 2. The molecule has 0 saturated carbocycles. The van der Waals surface area contributed by atoms with Gasteiger partial charge in [0.1, 0.15) is 18.1 Å². The van der Waals surface area contributed by atoms with Gasteiger partial charge in [0.15, 0.2) is 0 Å². The number of aliphatic carboxylic acids is 2. The van der Waals surface area contributed by atoms with E-state index in [2.05, 4.69) is 25.9 Å². The van der Waals surface area contributed by atoms with Gasteiger partial charge < -0.3 is 42.0 Å². The number of aromatic amines is 1. The van der Waals surface area contributed by atoms with Crippen LogP contribution in [0.2, 0.25) is 0 Å². The minimum Gasteiger partial charge on any atom is -0.481 e. The van der Waals surface area contributed by atoms with Gasteiger partial charge in [-0.15, -0.1) is 0 Å². The molecule has 0 aliphatic carbocycles. The number of rotatable bonds is 15. The number of nitrogens with one attached hydrogen (secondary N) is 4. The molecule has 14 heteroatoms. The maximum absolute atomic E-state index is 13.1. The van der Waals surface area contributed by atoms with Gasteiger partial charge in [0.25, 0.3) is 0 Å². The van der Waals surface area contributed by atoms with Crippen molar-refractivity contribution in [2.45, 2.75) is 62.9 Å². The van der Waals surface area contributed by atoms with Crippen LogP contribution in [-0.2, 0) is 36.8 Å². The van der Waals surface area contributed by atoms with Gasteiger partial charge in [-0.3, -0.25) is 19.2 Å². The van der Waals surface area contributed by atoms with Gasteiger partial charge in [0.2, 0.25) is 17.7 Å². The zero-order valence-corrected chi connectivity index (χ0v) is 20.7. The van der Waals surface area contributed by atoms with Crippen molar-refractivity contribution in [1.29, 1.82) is 0 Å². The highest BCUT2D eigenvalue weighted by Crippen LogP contribution is 2.06. The molecule has 0 fully saturated rings. The Morgan fingerprint density at radius 3 is 2.16 bits per heavy atom. The molecular weight excluding hydrogens is 500 g/mol. The van der Waals surface area contributed by atoms with Crippen molar-refractivity contribution < 1.29 is 39.3 Å². The number of benzene rings is 1. The normalized spacial score (nSPS) is 14.8. The quantitative estimate of drug-likeness (QED) is 0.129. The summed E-state index contributed by atoms with van der Waals surface area (Å²) in [7, 11) is 0. The number of aliphatic hydroxyl groups is 1. The molecule has 1 heterocycles. The topological polar surface area (TPSA) is 237 Å². The van der Waals surface area contributed by atoms with Gasteiger partial charge in [0.05, 0.1) is 18.5 Å². The first kappa shape index (κ1) is 29.9. The van der Waals surface area contributed by atoms with Crippen molar-refractivity contribution >= 4 is 29.7 Å². The van der Waals surface area contributed by atoms with Crippen LogP contribution in [0.4, 0.5) is 0 Å². The van der Waals surface area contributed by atoms with E-state index in [4.69, 9.17) is 10.8 Å². The Balaban J connectivity index is 2.14. The molecule has 0 aliphatic heterocycles. The third-order valence-corrected chi connectivity index (χ3v) is 5.58. The van der Waals surface area contributed by atoms with Crippen molar-refractivity contribution in [2.75, 3.05) is 0 Å². The average Bonchev–Trinajstić information content (AvgIpc) is 3.38. The number of carbonyl (C=O) groups is 5. The Morgan fingerprint density at radius 2 is 1.61 bits per heavy atom. The van der Waals surface area contributed by atoms with Crippen LogP contribution >= 0.6 is 0 Å². The van der Waals surface area contributed by atoms with Crippen LogP contribution in [0, 0.1) is 0 Å². The Hall–Kier alpha value is -4.30. The third-order valence-electron chi connectivity index (χ3n) is 5.58. The second kappa shape index (κ2) is 14.4. The molecule has 0 saturated heterocycles. The van der Waals surface area contributed by atoms with Crippen molar-refractivity contribution in [2.24, 2.45) is 5.73 Å². The molecule has 1 aromatic carbocycles. The number of imidazole rings is 1. The second-order valence-electron chi connectivity index (χ2n) is 8.70. The van der Waals surface area contributed by atoms with E-state index in [1.165, 1.54) is 19.4 Å². The molecule has 9 N–H and O–H groups in total. The van der Waals surface area contributed by atoms with Crippen molar-refractivity contribution in [3.05, 3.63) is 54.1 Å². The van der Waals surface area contributed by atoms with Crippen molar-refractivity contribution in [3.8, 4) is 0 Å². The number of aromatic nitrogens is 2. The SMILES string of the molecule is CC(O)C(NC(=O)C(Cc1cnc[nH]1)NC(=O)C(N)CCC(=O)O)C(=O)NC(Cc1ccccc1)C(=O)O. The highest BCUT2D eigenvalue weighted by molar-refractivity contribution is 5.94. The van der Waals surface area contributed by atoms with Gasteiger partial charge in [-0.05, 0) is 18.9 Å². The monoisotopic (exact) mass is 532 g/mol. The molecule has 206 valence electrons. The number of aliphatic hydroxyl groups excluding tert-OH is 1. The molecule has 5 unspecified atom stereocenters. The summed E-state index contributed by atoms with van der Waals surface area (Å²) in [4.78, 5) is 67.7. The van der Waals surface area contributed by atoms with Crippen LogP contribution in [0.1, 0.15) is 31.0 Å². The number of carboxylic acids is 2. The molecule has 1 aromatic heterocycles. The van der Waals surface area contributed by atoms with Gasteiger partial charge in [-0.1, -0.05) is 30.3 Å². The van der Waals surface area contributed by atoms with Crippen LogP contribution in [0.25, 0.3) is 0 Å². The Bertz CT molecular complexity index is 1090. The number of nitrogens with zero attached hydrogens (tertiary/aromatic N) is 1. The lowest BCUT2D eigenvalue weighted by Gasteiger charge is -2.26. The van der Waals surface area contributed by atoms with Crippen LogP contribution in [0.15, 0.2) is 42.9 Å². The van der Waals surface area contributed by atoms with Gasteiger partial charge >= 0.3 is 11.9 Å². The van der Waals surface area contributed by atoms with Crippen LogP contribution in [0.3, 0.4) is 0 Å². The molecule has 38 heavy (non-hydrogen) atoms. The fourth-order valence-electron chi connectivity index (χ4n) is 3.48. The fourth-order valence-corrected chi connectivity index (χ4v) is 3.48. The lowest BCUT2D eigenvalue weighted by Crippen LogP contribution is -2.60. The van der Waals surface area contributed by atoms with Crippen molar-refractivity contribution in [1.82, 2.24) is 25.9 Å². The van der Waals surface area contributed by atoms with Crippen molar-refractivity contribution in [3.63, 3.8) is 0 Å². The predicted molar refractivity (Wildman–Crippen MR) is 132 cm³/mol. The van der Waals surface area contributed by atoms with Crippen LogP contribution < -0.4 is 21.7 Å². The summed E-state index contributed by atoms with van der Waals surface area (Å²) >= 11 is 0. The van der Waals surface area contributed by atoms with E-state index in [1.54, 1.807) is 30.3 Å². The first-order valence-electron chi connectivity index (χ1n) is 11.8. The number of H-pyrrole nitrogens is 1. The second-order valence-corrected chi connectivity index (χ2v) is 8.70. The highest BCUT2D eigenvalue weighted by Gasteiger charge is 2.33. The molecular formula is C24H32N6O8. The van der Waals surface area contributed by atoms with Crippen LogP contribution in [-0.4, -0.2) is 85.2 Å². The highest BCUT2D eigenvalue weighted by atomic mass is 16.4. The Morgan fingerprint density at radius 1 is 0.947 bits per heavy atom. The zero-order chi connectivity index (χ0) is 28.2. The van der Waals surface area contributed by atoms with E-state index in [0.29, 0.717) is 11.3 Å². The molecule has 2 rings (SSSR count). The lowest BCUT2D eigenvalue weighted by molar-refractivity contribution is -0.143. The molecule has 0 bridgehead atoms. The summed E-state index contributed by atoms with van der Waals surface area (Å²) in [5.74, 6) is -5.05. The Kier molecular flexibility index (Phi) is 11.4. The van der Waals surface area contributed by atoms with Crippen LogP contribution in [0.5, 0.6) is 0 Å². The first-order valence-corrected chi connectivity index (χ1v) is 11.8. The molecule has 0 radical (unpaired) electrons. The van der Waals surface area contributed by atoms with E-state index in [0.717, 1.165) is 0 Å². The van der Waals surface area contributed by atoms with E-state index in [9.17, 15) is 34.2 Å². The summed E-state index contributed by atoms with van der Waals surface area (Å²) in [5, 5.41) is 35.7. The van der Waals surface area contributed by atoms with E-state index in [1.807, 2.05) is 0 Å². The summed E-state index contributed by atoms with van der Waals surface area (Å²) < 4.78 is 0. The summed E-state index contributed by atoms with van der Waals surface area (Å²) in [6.07, 6.45) is 0.691. The van der Waals surface area contributed by atoms with E-state index >= 15 is 0 Å². The lowest BCUT2D eigenvalue weighted by atomic mass is 10.0. The maximum Gasteiger partial charge on any atom is 0.326 e. The summed E-state index contributed by atoms with van der Waals surface area (Å²) in [6.45, 7) is 1.24. The minimum atomic E-state index is -1.55. The van der Waals surface area contributed by atoms with Gasteiger partial charge in [-0.25, -0.2) is 9.78 Å². The average molecular weight is 533 g/mol. The number of nitrogens with two attached hydrogens (primary N) is 1. The fraction of sp³-hybridized carbons (Fsp3) is 0.417. The largest absolute Gasteiger partial charge is 0.481 e. The minimum absolute atomic E-state index is 0.0326. The molecule has 14 nitrogen and oxygen atoms in total. The van der Waals surface area contributed by atoms with E-state index in [-0.39, 0.29) is 25.7 Å². The third kappa shape index (κ3) is 9.63. The molecule has 2 aromatic rings. The number of amides is 3. The smallest absolute Gasteiger partial charge is 0.326 e. The van der Waals surface area contributed by atoms with Gasteiger partial charge in [0, 0.05) is 31.2 Å². The first-order chi connectivity index (χ1) is 18.0. The standard InChI is InChI=1S/C24H32N6O8/c1-13(31)20(23(36)29-18(24(37)38)9-14-5-3-2-4-6-14)30-22(35)17(10-15-11-26-12-27-15)28-21(34)16(25)7-8-19(32)33/h2-6,11-13,16-18,20,31H,7-10,25H2,1H3,(H,26,27)(H,28,34)(H,29,36)(H,30,35)(H,32,33)(H,37,38). The molecule has 0 aliphatic rings. The molecule has 5 atom stereocenters. The maximum atomic E-state index is 13.1. The van der Waals surface area contributed by atoms with E-state index < -0.39 is 59.9 Å².